The van der Waals surface area contributed by atoms with Crippen LogP contribution in [-0.2, 0) is 9.47 Å². The molecular formula is C72H108N2O8Si2. The number of hydrogen-bond donors (Lipinski definition) is 0. The first-order valence-corrected chi connectivity index (χ1v) is 39.6. The molecular weight excluding hydrogens is 1080 g/mol. The summed E-state index contributed by atoms with van der Waals surface area (Å²) < 4.78 is 26.1. The Morgan fingerprint density at radius 1 is 0.393 bits per heavy atom. The molecule has 7 rings (SSSR count). The van der Waals surface area contributed by atoms with E-state index in [1.54, 1.807) is 0 Å². The first-order chi connectivity index (χ1) is 40.9. The van der Waals surface area contributed by atoms with E-state index in [-0.39, 0.29) is 47.9 Å². The van der Waals surface area contributed by atoms with E-state index in [4.69, 9.17) is 18.9 Å². The Labute approximate surface area is 509 Å². The molecule has 0 saturated heterocycles. The van der Waals surface area contributed by atoms with Gasteiger partial charge in [0.1, 0.15) is 11.5 Å². The van der Waals surface area contributed by atoms with Crippen LogP contribution in [0.4, 0.5) is 0 Å². The van der Waals surface area contributed by atoms with E-state index in [0.29, 0.717) is 35.5 Å². The van der Waals surface area contributed by atoms with Crippen molar-refractivity contribution in [1.82, 2.24) is 9.80 Å². The summed E-state index contributed by atoms with van der Waals surface area (Å²) in [6, 6.07) is 25.8. The zero-order valence-electron chi connectivity index (χ0n) is 53.4. The number of benzene rings is 3. The molecule has 84 heavy (non-hydrogen) atoms. The minimum absolute atomic E-state index is 0.125. The molecule has 12 heteroatoms. The maximum Gasteiger partial charge on any atom is 0.261 e. The van der Waals surface area contributed by atoms with Crippen LogP contribution in [0.3, 0.4) is 0 Å². The summed E-state index contributed by atoms with van der Waals surface area (Å²) in [6.07, 6.45) is 31.0. The average molecular weight is 1190 g/mol. The van der Waals surface area contributed by atoms with E-state index in [0.717, 1.165) is 137 Å². The number of amides is 4. The quantitative estimate of drug-likeness (QED) is 0.0241. The van der Waals surface area contributed by atoms with Gasteiger partial charge in [-0.05, 0) is 125 Å². The first kappa shape index (κ1) is 66.9. The molecule has 0 radical (unpaired) electrons. The third-order valence-electron chi connectivity index (χ3n) is 20.4. The highest BCUT2D eigenvalue weighted by Gasteiger charge is 2.43. The molecule has 10 nitrogen and oxygen atoms in total. The molecule has 2 aliphatic heterocycles. The summed E-state index contributed by atoms with van der Waals surface area (Å²) in [5, 5.41) is 0. The second-order valence-electron chi connectivity index (χ2n) is 25.3. The zero-order valence-corrected chi connectivity index (χ0v) is 55.4. The number of rotatable bonds is 38. The number of hydrogen-bond acceptors (Lipinski definition) is 8. The predicted molar refractivity (Wildman–Crippen MR) is 353 cm³/mol. The van der Waals surface area contributed by atoms with Crippen LogP contribution in [0.5, 0.6) is 11.5 Å². The molecule has 0 aromatic heterocycles. The van der Waals surface area contributed by atoms with Gasteiger partial charge < -0.3 is 18.9 Å². The fraction of sp³-hybridized carbons (Fsp3) is 0.639. The van der Waals surface area contributed by atoms with E-state index in [1.165, 1.54) is 110 Å². The van der Waals surface area contributed by atoms with Crippen LogP contribution < -0.4 is 9.47 Å². The molecule has 3 aromatic carbocycles. The molecule has 4 aliphatic rings. The van der Waals surface area contributed by atoms with Gasteiger partial charge in [0.2, 0.25) is 0 Å². The van der Waals surface area contributed by atoms with Gasteiger partial charge in [0.25, 0.3) is 23.6 Å². The number of carbonyl (C=O) groups is 4. The fourth-order valence-electron chi connectivity index (χ4n) is 13.9. The largest absolute Gasteiger partial charge is 0.493 e. The number of unbranched alkanes of at least 4 members (excludes halogenated alkanes) is 10. The molecule has 0 N–H and O–H groups in total. The van der Waals surface area contributed by atoms with Gasteiger partial charge in [0.15, 0.2) is 0 Å². The third kappa shape index (κ3) is 17.8. The molecule has 0 unspecified atom stereocenters. The second-order valence-corrected chi connectivity index (χ2v) is 36.6. The first-order valence-electron chi connectivity index (χ1n) is 34.0. The smallest absolute Gasteiger partial charge is 0.261 e. The van der Waals surface area contributed by atoms with Gasteiger partial charge in [-0.3, -0.25) is 29.0 Å². The Kier molecular flexibility index (Phi) is 27.1. The summed E-state index contributed by atoms with van der Waals surface area (Å²) in [5.41, 5.74) is 5.22. The zero-order chi connectivity index (χ0) is 59.9. The third-order valence-corrected chi connectivity index (χ3v) is 32.2. The molecule has 2 fully saturated rings. The average Bonchev–Trinajstić information content (AvgIpc) is 2.13. The summed E-state index contributed by atoms with van der Waals surface area (Å²) in [4.78, 5) is 59.2. The molecule has 3 aromatic rings. The SMILES string of the molecule is CCCCCCCCOc1cc(/C=C/c2ccc3c(c2)C(=O)N(C2CCC(OCCC[Si](CC)(CC)CC)CC2)C3=O)c(OCCCCCCCC)cc1/C=C/c1ccc2c(c1)C(=O)N(C1CCC(OCCC[Si](CC)(CC)CC)CC1)C2=O. The van der Waals surface area contributed by atoms with Crippen molar-refractivity contribution in [3.63, 3.8) is 0 Å². The molecule has 2 aliphatic carbocycles. The van der Waals surface area contributed by atoms with Crippen molar-refractivity contribution in [3.05, 3.63) is 93.0 Å². The second kappa shape index (κ2) is 34.1. The monoisotopic (exact) mass is 1180 g/mol. The summed E-state index contributed by atoms with van der Waals surface area (Å²) in [5.74, 6) is 0.648. The van der Waals surface area contributed by atoms with E-state index >= 15 is 0 Å². The van der Waals surface area contributed by atoms with Gasteiger partial charge in [-0.2, -0.15) is 0 Å². The molecule has 4 amide bonds. The van der Waals surface area contributed by atoms with E-state index in [1.807, 2.05) is 60.7 Å². The van der Waals surface area contributed by atoms with Crippen LogP contribution in [0, 0.1) is 0 Å². The lowest BCUT2D eigenvalue weighted by Gasteiger charge is -2.33. The Morgan fingerprint density at radius 2 is 0.738 bits per heavy atom. The predicted octanol–water partition coefficient (Wildman–Crippen LogP) is 19.2. The highest BCUT2D eigenvalue weighted by Crippen LogP contribution is 2.38. The molecule has 0 atom stereocenters. The topological polar surface area (TPSA) is 112 Å². The number of imide groups is 2. The number of nitrogens with zero attached hydrogens (tertiary/aromatic N) is 2. The number of carbonyl (C=O) groups excluding carboxylic acids is 4. The highest BCUT2D eigenvalue weighted by atomic mass is 28.3. The molecule has 2 saturated carbocycles. The molecule has 462 valence electrons. The summed E-state index contributed by atoms with van der Waals surface area (Å²) >= 11 is 0. The highest BCUT2D eigenvalue weighted by molar-refractivity contribution is 6.80. The van der Waals surface area contributed by atoms with Crippen LogP contribution >= 0.6 is 0 Å². The molecule has 2 heterocycles. The minimum Gasteiger partial charge on any atom is -0.493 e. The summed E-state index contributed by atoms with van der Waals surface area (Å²) in [6.45, 7) is 21.4. The Morgan fingerprint density at radius 3 is 1.10 bits per heavy atom. The van der Waals surface area contributed by atoms with Crippen molar-refractivity contribution in [3.8, 4) is 11.5 Å². The van der Waals surface area contributed by atoms with Crippen molar-refractivity contribution in [2.75, 3.05) is 26.4 Å². The van der Waals surface area contributed by atoms with Gasteiger partial charge in [0, 0.05) is 36.4 Å². The maximum atomic E-state index is 14.2. The van der Waals surface area contributed by atoms with Gasteiger partial charge >= 0.3 is 0 Å². The fourth-order valence-corrected chi connectivity index (χ4v) is 20.8. The summed E-state index contributed by atoms with van der Waals surface area (Å²) in [7, 11) is -2.32. The van der Waals surface area contributed by atoms with Crippen molar-refractivity contribution >= 4 is 64.1 Å². The lowest BCUT2D eigenvalue weighted by Crippen LogP contribution is -2.43. The number of fused-ring (bicyclic) bond motifs is 2. The van der Waals surface area contributed by atoms with Crippen molar-refractivity contribution in [2.24, 2.45) is 0 Å². The van der Waals surface area contributed by atoms with E-state index < -0.39 is 16.1 Å². The van der Waals surface area contributed by atoms with E-state index in [2.05, 4.69) is 67.5 Å². The van der Waals surface area contributed by atoms with Crippen LogP contribution in [0.2, 0.25) is 48.4 Å². The molecule has 0 bridgehead atoms. The van der Waals surface area contributed by atoms with Crippen LogP contribution in [0.15, 0.2) is 48.5 Å². The lowest BCUT2D eigenvalue weighted by molar-refractivity contribution is 0.00945. The van der Waals surface area contributed by atoms with Gasteiger partial charge in [0.05, 0.1) is 63.8 Å². The van der Waals surface area contributed by atoms with Crippen molar-refractivity contribution in [1.29, 1.82) is 0 Å². The van der Waals surface area contributed by atoms with Crippen LogP contribution in [0.25, 0.3) is 24.3 Å². The Balaban J connectivity index is 1.05. The van der Waals surface area contributed by atoms with Crippen molar-refractivity contribution in [2.45, 2.75) is 269 Å². The lowest BCUT2D eigenvalue weighted by atomic mass is 9.92. The maximum absolute atomic E-state index is 14.2. The number of ether oxygens (including phenoxy) is 4. The van der Waals surface area contributed by atoms with Gasteiger partial charge in [-0.25, -0.2) is 0 Å². The standard InChI is InChI=1S/C72H108N2O8Si2/c1-9-17-19-21-23-25-45-81-67-53-58(34-30-56-32-44-64-66(52-56)72(78)74(70(64)76)60-37-41-62(42-38-60)80-48-28-50-84(14-6,15-7)16-8)68(82-46-26-24-22-20-18-10-2)54-57(67)33-29-55-31-43-63-65(51-55)71(77)73(69(63)75)59-35-39-61(40-36-59)79-47-27-49-83(11-3,12-4)13-5/h29-34,43-44,51-54,59-62H,9-28,35-42,45-50H2,1-8H3/b33-29+,34-30+. The van der Waals surface area contributed by atoms with Crippen LogP contribution in [-0.4, -0.2) is 100 Å². The Bertz CT molecular complexity index is 2450. The van der Waals surface area contributed by atoms with E-state index in [9.17, 15) is 19.2 Å². The Hall–Kier alpha value is -4.63. The van der Waals surface area contributed by atoms with Crippen LogP contribution in [0.1, 0.15) is 260 Å². The van der Waals surface area contributed by atoms with Gasteiger partial charge in [-0.15, -0.1) is 0 Å². The minimum atomic E-state index is -1.16. The normalized spacial score (nSPS) is 19.4. The van der Waals surface area contributed by atoms with Crippen molar-refractivity contribution < 1.29 is 38.1 Å². The van der Waals surface area contributed by atoms with Gasteiger partial charge in [-0.1, -0.05) is 204 Å². The molecule has 0 spiro atoms.